The Morgan fingerprint density at radius 2 is 1.79 bits per heavy atom. The second kappa shape index (κ2) is 15.7. The van der Waals surface area contributed by atoms with Crippen molar-refractivity contribution in [3.05, 3.63) is 75.5 Å². The number of amides is 1. The maximum atomic E-state index is 13.9. The highest BCUT2D eigenvalue weighted by atomic mass is 16.1. The molecule has 5 rings (SSSR count). The van der Waals surface area contributed by atoms with E-state index in [0.29, 0.717) is 23.1 Å². The third-order valence-electron chi connectivity index (χ3n) is 9.74. The second-order valence-electron chi connectivity index (χ2n) is 13.4. The molecule has 1 aromatic carbocycles. The third-order valence-corrected chi connectivity index (χ3v) is 9.74. The molecule has 4 heterocycles. The van der Waals surface area contributed by atoms with Gasteiger partial charge in [0.25, 0.3) is 11.5 Å². The van der Waals surface area contributed by atoms with Crippen LogP contribution in [0, 0.1) is 12.8 Å². The molecule has 1 atom stereocenters. The monoisotopic (exact) mass is 639 g/mol. The Kier molecular flexibility index (Phi) is 11.5. The Morgan fingerprint density at radius 3 is 2.45 bits per heavy atom. The predicted molar refractivity (Wildman–Crippen MR) is 192 cm³/mol. The third kappa shape index (κ3) is 8.12. The first-order valence-electron chi connectivity index (χ1n) is 17.7. The topological polar surface area (TPSA) is 99.1 Å². The summed E-state index contributed by atoms with van der Waals surface area (Å²) < 4.78 is 2.07. The lowest BCUT2D eigenvalue weighted by Crippen LogP contribution is -2.49. The van der Waals surface area contributed by atoms with E-state index < -0.39 is 0 Å². The van der Waals surface area contributed by atoms with Crippen LogP contribution < -0.4 is 15.8 Å². The number of fused-ring (bicyclic) bond motifs is 1. The molecule has 9 heteroatoms. The van der Waals surface area contributed by atoms with Gasteiger partial charge in [-0.25, -0.2) is 4.98 Å². The van der Waals surface area contributed by atoms with E-state index in [1.54, 1.807) is 0 Å². The zero-order valence-corrected chi connectivity index (χ0v) is 29.2. The van der Waals surface area contributed by atoms with Crippen molar-refractivity contribution >= 4 is 22.6 Å². The van der Waals surface area contributed by atoms with Gasteiger partial charge in [-0.15, -0.1) is 0 Å². The van der Waals surface area contributed by atoms with Crippen LogP contribution in [-0.4, -0.2) is 62.8 Å². The van der Waals surface area contributed by atoms with Crippen molar-refractivity contribution in [2.45, 2.75) is 99.2 Å². The molecule has 1 aliphatic rings. The number of aromatic amines is 1. The van der Waals surface area contributed by atoms with Crippen molar-refractivity contribution in [1.82, 2.24) is 30.0 Å². The van der Waals surface area contributed by atoms with Crippen LogP contribution in [0.3, 0.4) is 0 Å². The zero-order chi connectivity index (χ0) is 33.5. The first kappa shape index (κ1) is 34.4. The summed E-state index contributed by atoms with van der Waals surface area (Å²) in [6.07, 6.45) is 10.1. The van der Waals surface area contributed by atoms with Gasteiger partial charge in [0.2, 0.25) is 0 Å². The Balaban J connectivity index is 1.46. The van der Waals surface area contributed by atoms with E-state index in [0.717, 1.165) is 97.5 Å². The van der Waals surface area contributed by atoms with Gasteiger partial charge in [0.1, 0.15) is 5.82 Å². The Bertz CT molecular complexity index is 1700. The number of unbranched alkanes of at least 4 members (excludes halogenated alkanes) is 1. The van der Waals surface area contributed by atoms with Crippen molar-refractivity contribution < 1.29 is 4.79 Å². The van der Waals surface area contributed by atoms with E-state index in [2.05, 4.69) is 77.6 Å². The molecule has 47 heavy (non-hydrogen) atoms. The minimum atomic E-state index is -0.218. The van der Waals surface area contributed by atoms with Crippen LogP contribution in [0.4, 0.5) is 5.82 Å². The summed E-state index contributed by atoms with van der Waals surface area (Å²) >= 11 is 0. The van der Waals surface area contributed by atoms with Crippen LogP contribution in [0.1, 0.15) is 93.9 Å². The molecule has 0 bridgehead atoms. The van der Waals surface area contributed by atoms with E-state index in [1.807, 2.05) is 31.5 Å². The maximum absolute atomic E-state index is 13.9. The maximum Gasteiger partial charge on any atom is 0.253 e. The van der Waals surface area contributed by atoms with Crippen LogP contribution >= 0.6 is 0 Å². The molecule has 4 aromatic rings. The minimum absolute atomic E-state index is 0.144. The number of piperazine rings is 1. The smallest absolute Gasteiger partial charge is 0.253 e. The molecule has 9 nitrogen and oxygen atoms in total. The van der Waals surface area contributed by atoms with E-state index >= 15 is 0 Å². The number of H-pyrrole nitrogens is 1. The Morgan fingerprint density at radius 1 is 1.00 bits per heavy atom. The largest absolute Gasteiger partial charge is 0.354 e. The lowest BCUT2D eigenvalue weighted by molar-refractivity contribution is 0.0952. The van der Waals surface area contributed by atoms with Crippen molar-refractivity contribution in [3.63, 3.8) is 0 Å². The minimum Gasteiger partial charge on any atom is -0.354 e. The van der Waals surface area contributed by atoms with Gasteiger partial charge < -0.3 is 15.2 Å². The number of aryl methyl sites for hydroxylation is 2. The highest BCUT2D eigenvalue weighted by Crippen LogP contribution is 2.30. The van der Waals surface area contributed by atoms with E-state index in [1.165, 1.54) is 12.8 Å². The lowest BCUT2D eigenvalue weighted by Gasteiger charge is -2.37. The number of pyridine rings is 2. The molecular formula is C38H53N7O2. The normalized spacial score (nSPS) is 14.7. The van der Waals surface area contributed by atoms with Crippen LogP contribution in [0.5, 0.6) is 0 Å². The van der Waals surface area contributed by atoms with E-state index in [9.17, 15) is 9.59 Å². The summed E-state index contributed by atoms with van der Waals surface area (Å²) in [5, 5.41) is 8.69. The molecule has 1 saturated heterocycles. The van der Waals surface area contributed by atoms with Crippen LogP contribution in [0.25, 0.3) is 22.0 Å². The van der Waals surface area contributed by atoms with Gasteiger partial charge in [-0.1, -0.05) is 46.5 Å². The average molecular weight is 640 g/mol. The number of rotatable bonds is 14. The highest BCUT2D eigenvalue weighted by Gasteiger charge is 2.21. The first-order chi connectivity index (χ1) is 22.7. The summed E-state index contributed by atoms with van der Waals surface area (Å²) in [5.74, 6) is 1.28. The molecule has 0 radical (unpaired) electrons. The molecule has 1 unspecified atom stereocenters. The van der Waals surface area contributed by atoms with E-state index in [-0.39, 0.29) is 18.0 Å². The van der Waals surface area contributed by atoms with E-state index in [4.69, 9.17) is 10.1 Å². The SMILES string of the molecule is CCCCC(CC)Cn1ncc2c(C(=O)NCc3c(CCC)cc(C)[nH]c3=O)cc(-c3ccc(N4CCN(C(C)C)CC4)nc3)cc21. The Labute approximate surface area is 279 Å². The van der Waals surface area contributed by atoms with Gasteiger partial charge in [-0.2, -0.15) is 5.10 Å². The summed E-state index contributed by atoms with van der Waals surface area (Å²) in [6.45, 7) is 17.9. The fourth-order valence-electron chi connectivity index (χ4n) is 6.78. The van der Waals surface area contributed by atoms with Crippen molar-refractivity contribution in [1.29, 1.82) is 0 Å². The quantitative estimate of drug-likeness (QED) is 0.159. The molecule has 1 amide bonds. The molecular weight excluding hydrogens is 586 g/mol. The molecule has 2 N–H and O–H groups in total. The first-order valence-corrected chi connectivity index (χ1v) is 17.7. The number of hydrogen-bond acceptors (Lipinski definition) is 6. The number of anilines is 1. The van der Waals surface area contributed by atoms with Crippen molar-refractivity contribution in [2.75, 3.05) is 31.1 Å². The number of carbonyl (C=O) groups excluding carboxylic acids is 1. The number of carbonyl (C=O) groups is 1. The van der Waals surface area contributed by atoms with Gasteiger partial charge in [-0.05, 0) is 81.0 Å². The number of nitrogens with one attached hydrogen (secondary N) is 2. The lowest BCUT2D eigenvalue weighted by atomic mass is 9.98. The number of nitrogens with zero attached hydrogens (tertiary/aromatic N) is 5. The summed E-state index contributed by atoms with van der Waals surface area (Å²) in [6, 6.07) is 10.9. The summed E-state index contributed by atoms with van der Waals surface area (Å²) in [4.78, 5) is 39.5. The van der Waals surface area contributed by atoms with Crippen LogP contribution in [-0.2, 0) is 19.5 Å². The molecule has 1 aliphatic heterocycles. The predicted octanol–water partition coefficient (Wildman–Crippen LogP) is 6.72. The van der Waals surface area contributed by atoms with Crippen molar-refractivity contribution in [3.8, 4) is 11.1 Å². The van der Waals surface area contributed by atoms with Crippen molar-refractivity contribution in [2.24, 2.45) is 5.92 Å². The number of hydrogen-bond donors (Lipinski definition) is 2. The van der Waals surface area contributed by atoms with Gasteiger partial charge in [0, 0.05) is 73.7 Å². The summed E-state index contributed by atoms with van der Waals surface area (Å²) in [5.41, 5.74) is 5.66. The second-order valence-corrected chi connectivity index (χ2v) is 13.4. The van der Waals surface area contributed by atoms with Gasteiger partial charge in [-0.3, -0.25) is 19.2 Å². The summed E-state index contributed by atoms with van der Waals surface area (Å²) in [7, 11) is 0. The van der Waals surface area contributed by atoms with Gasteiger partial charge in [0.05, 0.1) is 17.3 Å². The standard InChI is InChI=1S/C38H53N7O2/c1-7-10-12-28(9-3)25-45-35-21-31(30-13-14-36(39-22-30)44-17-15-43(16-18-44)26(4)5)20-32(34(35)24-41-45)37(46)40-23-33-29(11-8-2)19-27(6)42-38(33)47/h13-14,19-22,24,26,28H,7-12,15-18,23,25H2,1-6H3,(H,40,46)(H,42,47). The molecule has 0 aliphatic carbocycles. The fraction of sp³-hybridized carbons (Fsp3) is 0.526. The zero-order valence-electron chi connectivity index (χ0n) is 29.2. The number of benzene rings is 1. The number of aromatic nitrogens is 4. The molecule has 1 fully saturated rings. The van der Waals surface area contributed by atoms with Crippen LogP contribution in [0.2, 0.25) is 0 Å². The van der Waals surface area contributed by atoms with Crippen LogP contribution in [0.15, 0.2) is 47.5 Å². The molecule has 0 saturated carbocycles. The molecule has 0 spiro atoms. The average Bonchev–Trinajstić information content (AvgIpc) is 3.48. The van der Waals surface area contributed by atoms with Gasteiger partial charge in [0.15, 0.2) is 0 Å². The molecule has 252 valence electrons. The highest BCUT2D eigenvalue weighted by molar-refractivity contribution is 6.08. The van der Waals surface area contributed by atoms with Gasteiger partial charge >= 0.3 is 0 Å². The Hall–Kier alpha value is -3.98. The fourth-order valence-corrected chi connectivity index (χ4v) is 6.78. The molecule has 3 aromatic heterocycles.